The Morgan fingerprint density at radius 3 is 2.89 bits per heavy atom. The van der Waals surface area contributed by atoms with Crippen LogP contribution in [0.25, 0.3) is 15.9 Å². The predicted octanol–water partition coefficient (Wildman–Crippen LogP) is 3.90. The molecule has 7 heteroatoms. The van der Waals surface area contributed by atoms with Crippen molar-refractivity contribution < 1.29 is 4.74 Å². The van der Waals surface area contributed by atoms with E-state index in [1.807, 2.05) is 41.8 Å². The number of thiophene rings is 1. The molecular weight excluding hydrogens is 390 g/mol. The lowest BCUT2D eigenvalue weighted by atomic mass is 10.2. The monoisotopic (exact) mass is 415 g/mol. The molecule has 4 rings (SSSR count). The topological polar surface area (TPSA) is 47.4 Å². The van der Waals surface area contributed by atoms with Crippen molar-refractivity contribution >= 4 is 33.3 Å². The molecule has 1 aliphatic rings. The minimum Gasteiger partial charge on any atom is -0.375 e. The average molecular weight is 416 g/mol. The van der Waals surface area contributed by atoms with E-state index in [9.17, 15) is 4.79 Å². The zero-order valence-electron chi connectivity index (χ0n) is 16.2. The Morgan fingerprint density at radius 2 is 2.11 bits per heavy atom. The van der Waals surface area contributed by atoms with Crippen LogP contribution in [0.4, 0.5) is 0 Å². The average Bonchev–Trinajstić information content (AvgIpc) is 3.16. The van der Waals surface area contributed by atoms with E-state index in [-0.39, 0.29) is 11.7 Å². The molecule has 0 N–H and O–H groups in total. The zero-order chi connectivity index (χ0) is 19.5. The van der Waals surface area contributed by atoms with Crippen molar-refractivity contribution in [2.75, 3.05) is 32.0 Å². The molecular formula is C21H25N3O2S2. The third-order valence-corrected chi connectivity index (χ3v) is 6.60. The van der Waals surface area contributed by atoms with Gasteiger partial charge in [-0.05, 0) is 29.5 Å². The highest BCUT2D eigenvalue weighted by Gasteiger charge is 2.22. The summed E-state index contributed by atoms with van der Waals surface area (Å²) in [6, 6.07) is 11.6. The molecule has 1 aliphatic heterocycles. The molecule has 148 valence electrons. The maximum atomic E-state index is 13.1. The van der Waals surface area contributed by atoms with Gasteiger partial charge in [0.2, 0.25) is 0 Å². The molecule has 0 spiro atoms. The first-order chi connectivity index (χ1) is 13.6. The molecule has 0 unspecified atom stereocenters. The van der Waals surface area contributed by atoms with Crippen molar-refractivity contribution in [2.24, 2.45) is 5.92 Å². The minimum atomic E-state index is -0.00838. The fraction of sp³-hybridized carbons (Fsp3) is 0.429. The van der Waals surface area contributed by atoms with Crippen LogP contribution in [0.1, 0.15) is 13.8 Å². The molecule has 1 aromatic carbocycles. The lowest BCUT2D eigenvalue weighted by molar-refractivity contribution is -0.0191. The van der Waals surface area contributed by atoms with Gasteiger partial charge in [0, 0.05) is 25.4 Å². The fourth-order valence-corrected chi connectivity index (χ4v) is 5.35. The first kappa shape index (κ1) is 19.6. The zero-order valence-corrected chi connectivity index (χ0v) is 17.8. The molecule has 0 bridgehead atoms. The van der Waals surface area contributed by atoms with Gasteiger partial charge >= 0.3 is 0 Å². The second-order valence-electron chi connectivity index (χ2n) is 7.47. The lowest BCUT2D eigenvalue weighted by Gasteiger charge is -2.33. The molecule has 5 nitrogen and oxygen atoms in total. The molecule has 0 saturated carbocycles. The van der Waals surface area contributed by atoms with E-state index in [2.05, 4.69) is 18.7 Å². The van der Waals surface area contributed by atoms with Gasteiger partial charge in [-0.25, -0.2) is 4.98 Å². The summed E-state index contributed by atoms with van der Waals surface area (Å²) in [4.78, 5) is 21.2. The highest BCUT2D eigenvalue weighted by Crippen LogP contribution is 2.25. The van der Waals surface area contributed by atoms with Crippen LogP contribution in [0.5, 0.6) is 0 Å². The quantitative estimate of drug-likeness (QED) is 0.451. The molecule has 1 fully saturated rings. The van der Waals surface area contributed by atoms with Crippen LogP contribution in [0, 0.1) is 5.92 Å². The number of aromatic nitrogens is 2. The summed E-state index contributed by atoms with van der Waals surface area (Å²) in [5.41, 5.74) is 0.840. The van der Waals surface area contributed by atoms with E-state index in [1.165, 1.54) is 11.3 Å². The number of fused-ring (bicyclic) bond motifs is 1. The molecule has 0 radical (unpaired) electrons. The van der Waals surface area contributed by atoms with E-state index in [1.54, 1.807) is 16.3 Å². The van der Waals surface area contributed by atoms with Gasteiger partial charge in [0.1, 0.15) is 4.83 Å². The molecule has 0 aliphatic carbocycles. The van der Waals surface area contributed by atoms with Gasteiger partial charge in [0.15, 0.2) is 5.16 Å². The summed E-state index contributed by atoms with van der Waals surface area (Å²) in [7, 11) is 0. The molecule has 3 aromatic rings. The summed E-state index contributed by atoms with van der Waals surface area (Å²) < 4.78 is 7.72. The number of benzene rings is 1. The Balaban J connectivity index is 1.59. The summed E-state index contributed by atoms with van der Waals surface area (Å²) in [6.45, 7) is 8.28. The Morgan fingerprint density at radius 1 is 1.29 bits per heavy atom. The second-order valence-corrected chi connectivity index (χ2v) is 9.35. The molecule has 1 atom stereocenters. The minimum absolute atomic E-state index is 0.00838. The fourth-order valence-electron chi connectivity index (χ4n) is 3.53. The summed E-state index contributed by atoms with van der Waals surface area (Å²) in [5.74, 6) is 1.43. The van der Waals surface area contributed by atoms with Crippen LogP contribution in [0.3, 0.4) is 0 Å². The van der Waals surface area contributed by atoms with Crippen molar-refractivity contribution in [2.45, 2.75) is 25.1 Å². The van der Waals surface area contributed by atoms with Gasteiger partial charge in [-0.15, -0.1) is 11.3 Å². The van der Waals surface area contributed by atoms with E-state index in [0.717, 1.165) is 47.7 Å². The Kier molecular flexibility index (Phi) is 6.16. The first-order valence-electron chi connectivity index (χ1n) is 9.64. The van der Waals surface area contributed by atoms with Gasteiger partial charge in [-0.3, -0.25) is 14.3 Å². The number of thioether (sulfide) groups is 1. The smallest absolute Gasteiger partial charge is 0.267 e. The largest absolute Gasteiger partial charge is 0.375 e. The predicted molar refractivity (Wildman–Crippen MR) is 117 cm³/mol. The van der Waals surface area contributed by atoms with E-state index < -0.39 is 0 Å². The Labute approximate surface area is 173 Å². The molecule has 0 amide bonds. The number of rotatable bonds is 6. The first-order valence-corrected chi connectivity index (χ1v) is 11.5. The Bertz CT molecular complexity index is 984. The number of ether oxygens (including phenoxy) is 1. The van der Waals surface area contributed by atoms with Gasteiger partial charge in [0.25, 0.3) is 5.56 Å². The standard InChI is InChI=1S/C21H25N3O2S2/c1-15(2)12-23-9-10-26-17(13-23)14-28-21-22-19-18(8-11-27-19)20(25)24(21)16-6-4-3-5-7-16/h3-8,11,15,17H,9-10,12-14H2,1-2H3/t17-/m1/s1. The molecule has 2 aromatic heterocycles. The van der Waals surface area contributed by atoms with Crippen molar-refractivity contribution in [3.8, 4) is 5.69 Å². The van der Waals surface area contributed by atoms with E-state index >= 15 is 0 Å². The van der Waals surface area contributed by atoms with Crippen LogP contribution in [-0.4, -0.2) is 52.5 Å². The van der Waals surface area contributed by atoms with Gasteiger partial charge in [0.05, 0.1) is 23.8 Å². The van der Waals surface area contributed by atoms with Crippen molar-refractivity contribution in [1.29, 1.82) is 0 Å². The highest BCUT2D eigenvalue weighted by molar-refractivity contribution is 7.99. The van der Waals surface area contributed by atoms with Crippen LogP contribution in [-0.2, 0) is 4.74 Å². The van der Waals surface area contributed by atoms with Gasteiger partial charge in [-0.1, -0.05) is 43.8 Å². The van der Waals surface area contributed by atoms with Crippen molar-refractivity contribution in [1.82, 2.24) is 14.5 Å². The summed E-state index contributed by atoms with van der Waals surface area (Å²) >= 11 is 3.12. The number of hydrogen-bond acceptors (Lipinski definition) is 6. The second kappa shape index (κ2) is 8.78. The number of hydrogen-bond donors (Lipinski definition) is 0. The molecule has 1 saturated heterocycles. The normalized spacial score (nSPS) is 18.2. The maximum absolute atomic E-state index is 13.1. The van der Waals surface area contributed by atoms with E-state index in [4.69, 9.17) is 9.72 Å². The van der Waals surface area contributed by atoms with E-state index in [0.29, 0.717) is 11.3 Å². The van der Waals surface area contributed by atoms with Crippen molar-refractivity contribution in [3.05, 3.63) is 52.1 Å². The van der Waals surface area contributed by atoms with Crippen molar-refractivity contribution in [3.63, 3.8) is 0 Å². The molecule has 28 heavy (non-hydrogen) atoms. The van der Waals surface area contributed by atoms with Crippen LogP contribution >= 0.6 is 23.1 Å². The van der Waals surface area contributed by atoms with Crippen LogP contribution < -0.4 is 5.56 Å². The number of para-hydroxylation sites is 1. The van der Waals surface area contributed by atoms with Gasteiger partial charge in [-0.2, -0.15) is 0 Å². The van der Waals surface area contributed by atoms with Crippen LogP contribution in [0.15, 0.2) is 51.7 Å². The third-order valence-electron chi connectivity index (χ3n) is 4.73. The number of nitrogens with zero attached hydrogens (tertiary/aromatic N) is 3. The molecule has 3 heterocycles. The SMILES string of the molecule is CC(C)CN1CCO[C@@H](CSc2nc3sccc3c(=O)n2-c2ccccc2)C1. The van der Waals surface area contributed by atoms with Crippen LogP contribution in [0.2, 0.25) is 0 Å². The highest BCUT2D eigenvalue weighted by atomic mass is 32.2. The third kappa shape index (κ3) is 4.33. The maximum Gasteiger partial charge on any atom is 0.267 e. The summed E-state index contributed by atoms with van der Waals surface area (Å²) in [5, 5.41) is 3.34. The Hall–Kier alpha value is -1.67. The van der Waals surface area contributed by atoms with Gasteiger partial charge < -0.3 is 4.74 Å². The summed E-state index contributed by atoms with van der Waals surface area (Å²) in [6.07, 6.45) is 0.151. The number of morpholine rings is 1. The lowest BCUT2D eigenvalue weighted by Crippen LogP contribution is -2.44.